The summed E-state index contributed by atoms with van der Waals surface area (Å²) in [6, 6.07) is 25.6. The Hall–Kier alpha value is -4.04. The molecule has 3 aromatic rings. The summed E-state index contributed by atoms with van der Waals surface area (Å²) in [5, 5.41) is 2.41. The van der Waals surface area contributed by atoms with Crippen LogP contribution in [-0.4, -0.2) is 58.3 Å². The van der Waals surface area contributed by atoms with Crippen molar-refractivity contribution in [2.75, 3.05) is 13.6 Å². The number of amidine groups is 1. The number of hydrogen-bond donors (Lipinski definition) is 1. The minimum Gasteiger partial charge on any atom is -0.339 e. The summed E-state index contributed by atoms with van der Waals surface area (Å²) in [7, 11) is 1.62. The second-order valence-corrected chi connectivity index (χ2v) is 9.14. The third-order valence-electron chi connectivity index (χ3n) is 6.61. The number of urea groups is 1. The van der Waals surface area contributed by atoms with Gasteiger partial charge in [0.25, 0.3) is 5.91 Å². The third-order valence-corrected chi connectivity index (χ3v) is 6.61. The van der Waals surface area contributed by atoms with Crippen LogP contribution in [0, 0.1) is 5.82 Å². The highest BCUT2D eigenvalue weighted by atomic mass is 19.1. The number of fused-ring (bicyclic) bond motifs is 1. The summed E-state index contributed by atoms with van der Waals surface area (Å²) in [5.74, 6) is -0.112. The quantitative estimate of drug-likeness (QED) is 0.529. The van der Waals surface area contributed by atoms with Crippen LogP contribution < -0.4 is 5.32 Å². The Morgan fingerprint density at radius 3 is 2.06 bits per heavy atom. The molecule has 2 unspecified atom stereocenters. The Morgan fingerprint density at radius 1 is 0.861 bits per heavy atom. The molecule has 2 heterocycles. The van der Waals surface area contributed by atoms with Gasteiger partial charge in [-0.1, -0.05) is 78.9 Å². The molecule has 3 aromatic carbocycles. The van der Waals surface area contributed by atoms with Crippen LogP contribution in [0.5, 0.6) is 0 Å². The molecule has 36 heavy (non-hydrogen) atoms. The maximum Gasteiger partial charge on any atom is 0.325 e. The van der Waals surface area contributed by atoms with Crippen molar-refractivity contribution in [2.24, 2.45) is 4.99 Å². The van der Waals surface area contributed by atoms with Crippen molar-refractivity contribution in [3.05, 3.63) is 107 Å². The fourth-order valence-corrected chi connectivity index (χ4v) is 4.76. The number of benzene rings is 3. The molecule has 0 spiro atoms. The van der Waals surface area contributed by atoms with Gasteiger partial charge in [-0.15, -0.1) is 0 Å². The van der Waals surface area contributed by atoms with Crippen LogP contribution in [0.25, 0.3) is 0 Å². The molecule has 2 atom stereocenters. The van der Waals surface area contributed by atoms with E-state index in [1.165, 1.54) is 11.0 Å². The van der Waals surface area contributed by atoms with Gasteiger partial charge in [0.15, 0.2) is 12.2 Å². The Bertz CT molecular complexity index is 1230. The number of aliphatic imine (C=N–C) groups is 1. The number of carbonyl (C=O) groups excluding carboxylic acids is 2. The van der Waals surface area contributed by atoms with Gasteiger partial charge >= 0.3 is 6.03 Å². The van der Waals surface area contributed by atoms with Gasteiger partial charge in [0.05, 0.1) is 6.54 Å². The zero-order valence-corrected chi connectivity index (χ0v) is 20.0. The highest BCUT2D eigenvalue weighted by Gasteiger charge is 2.48. The molecule has 0 bridgehead atoms. The number of rotatable bonds is 8. The van der Waals surface area contributed by atoms with Crippen LogP contribution >= 0.6 is 0 Å². The number of likely N-dealkylation sites (N-methyl/N-ethyl adjacent to an activating group) is 1. The molecule has 3 amide bonds. The van der Waals surface area contributed by atoms with Crippen molar-refractivity contribution in [2.45, 2.75) is 31.8 Å². The molecule has 0 saturated carbocycles. The molecular weight excluding hydrogens is 457 g/mol. The van der Waals surface area contributed by atoms with Crippen LogP contribution in [-0.2, 0) is 24.4 Å². The van der Waals surface area contributed by atoms with E-state index in [2.05, 4.69) is 34.5 Å². The fourth-order valence-electron chi connectivity index (χ4n) is 4.76. The third kappa shape index (κ3) is 4.99. The molecule has 184 valence electrons. The van der Waals surface area contributed by atoms with Crippen LogP contribution in [0.15, 0.2) is 89.9 Å². The largest absolute Gasteiger partial charge is 0.339 e. The first-order valence-corrected chi connectivity index (χ1v) is 11.9. The van der Waals surface area contributed by atoms with Gasteiger partial charge in [-0.3, -0.25) is 15.0 Å². The average Bonchev–Trinajstić information content (AvgIpc) is 3.23. The minimum absolute atomic E-state index is 0.173. The van der Waals surface area contributed by atoms with Gasteiger partial charge in [0, 0.05) is 32.2 Å². The summed E-state index contributed by atoms with van der Waals surface area (Å²) in [4.78, 5) is 35.6. The molecule has 1 saturated heterocycles. The second-order valence-electron chi connectivity index (χ2n) is 9.14. The highest BCUT2D eigenvalue weighted by Crippen LogP contribution is 2.27. The first-order chi connectivity index (χ1) is 17.5. The van der Waals surface area contributed by atoms with Crippen molar-refractivity contribution >= 4 is 17.8 Å². The lowest BCUT2D eigenvalue weighted by Gasteiger charge is -2.37. The molecule has 2 aliphatic heterocycles. The molecule has 0 aliphatic carbocycles. The van der Waals surface area contributed by atoms with E-state index in [9.17, 15) is 14.0 Å². The zero-order valence-electron chi connectivity index (χ0n) is 20.0. The first kappa shape index (κ1) is 23.7. The van der Waals surface area contributed by atoms with Crippen molar-refractivity contribution in [1.82, 2.24) is 20.0 Å². The maximum absolute atomic E-state index is 14.6. The summed E-state index contributed by atoms with van der Waals surface area (Å²) in [6.45, 7) is 1.93. The fraction of sp³-hybridized carbons (Fsp3) is 0.250. The lowest BCUT2D eigenvalue weighted by atomic mass is 10.1. The lowest BCUT2D eigenvalue weighted by molar-refractivity contribution is -0.127. The number of hydrogen-bond acceptors (Lipinski definition) is 5. The molecular formula is C28H28FN5O2. The van der Waals surface area contributed by atoms with Crippen LogP contribution in [0.4, 0.5) is 9.18 Å². The van der Waals surface area contributed by atoms with Crippen molar-refractivity contribution in [1.29, 1.82) is 0 Å². The van der Waals surface area contributed by atoms with Gasteiger partial charge in [0.1, 0.15) is 11.7 Å². The monoisotopic (exact) mass is 485 g/mol. The van der Waals surface area contributed by atoms with E-state index in [1.807, 2.05) is 41.3 Å². The SMILES string of the molecule is CN1C(=O)NC(=O)C2C1N=C(CN(Cc1ccccc1)Cc1ccccc1)N2Cc1ccccc1F. The first-order valence-electron chi connectivity index (χ1n) is 11.9. The smallest absolute Gasteiger partial charge is 0.325 e. The predicted molar refractivity (Wildman–Crippen MR) is 135 cm³/mol. The number of nitrogens with one attached hydrogen (secondary N) is 1. The molecule has 5 rings (SSSR count). The summed E-state index contributed by atoms with van der Waals surface area (Å²) >= 11 is 0. The van der Waals surface area contributed by atoms with Gasteiger partial charge in [-0.25, -0.2) is 14.2 Å². The Balaban J connectivity index is 1.47. The lowest BCUT2D eigenvalue weighted by Crippen LogP contribution is -2.63. The predicted octanol–water partition coefficient (Wildman–Crippen LogP) is 3.62. The van der Waals surface area contributed by atoms with Gasteiger partial charge in [0.2, 0.25) is 0 Å². The molecule has 8 heteroatoms. The van der Waals surface area contributed by atoms with Crippen molar-refractivity contribution < 1.29 is 14.0 Å². The number of nitrogens with zero attached hydrogens (tertiary/aromatic N) is 4. The minimum atomic E-state index is -0.724. The van der Waals surface area contributed by atoms with Crippen LogP contribution in [0.3, 0.4) is 0 Å². The average molecular weight is 486 g/mol. The zero-order chi connectivity index (χ0) is 25.1. The number of amides is 3. The van der Waals surface area contributed by atoms with E-state index in [1.54, 1.807) is 25.2 Å². The van der Waals surface area contributed by atoms with E-state index in [4.69, 9.17) is 4.99 Å². The Kier molecular flexibility index (Phi) is 6.77. The van der Waals surface area contributed by atoms with Crippen molar-refractivity contribution in [3.63, 3.8) is 0 Å². The molecule has 0 radical (unpaired) electrons. The van der Waals surface area contributed by atoms with Gasteiger partial charge in [-0.2, -0.15) is 0 Å². The summed E-state index contributed by atoms with van der Waals surface area (Å²) < 4.78 is 14.6. The van der Waals surface area contributed by atoms with Gasteiger partial charge < -0.3 is 9.80 Å². The molecule has 0 aromatic heterocycles. The highest BCUT2D eigenvalue weighted by molar-refractivity contribution is 6.04. The van der Waals surface area contributed by atoms with E-state index in [0.29, 0.717) is 31.0 Å². The topological polar surface area (TPSA) is 68.2 Å². The number of halogens is 1. The molecule has 1 fully saturated rings. The molecule has 7 nitrogen and oxygen atoms in total. The normalized spacial score (nSPS) is 19.4. The van der Waals surface area contributed by atoms with E-state index < -0.39 is 24.1 Å². The van der Waals surface area contributed by atoms with Crippen LogP contribution in [0.1, 0.15) is 16.7 Å². The van der Waals surface area contributed by atoms with Crippen molar-refractivity contribution in [3.8, 4) is 0 Å². The molecule has 2 aliphatic rings. The summed E-state index contributed by atoms with van der Waals surface area (Å²) in [6.07, 6.45) is -0.664. The van der Waals surface area contributed by atoms with E-state index in [0.717, 1.165) is 11.1 Å². The standard InChI is InChI=1S/C28H28FN5O2/c1-32-26-25(27(35)31-28(32)36)34(18-22-14-8-9-15-23(22)29)24(30-26)19-33(16-20-10-4-2-5-11-20)17-21-12-6-3-7-13-21/h2-15,25-26H,16-19H2,1H3,(H,31,35,36). The Labute approximate surface area is 209 Å². The summed E-state index contributed by atoms with van der Waals surface area (Å²) in [5.41, 5.74) is 2.76. The van der Waals surface area contributed by atoms with Crippen LogP contribution in [0.2, 0.25) is 0 Å². The van der Waals surface area contributed by atoms with Gasteiger partial charge in [-0.05, 0) is 17.2 Å². The van der Waals surface area contributed by atoms with E-state index in [-0.39, 0.29) is 12.4 Å². The second kappa shape index (κ2) is 10.3. The Morgan fingerprint density at radius 2 is 1.44 bits per heavy atom. The molecule has 1 N–H and O–H groups in total. The number of imide groups is 1. The maximum atomic E-state index is 14.6. The van der Waals surface area contributed by atoms with E-state index >= 15 is 0 Å². The number of carbonyl (C=O) groups is 2.